The number of nitrogen functional groups attached to an aromatic ring is 1. The van der Waals surface area contributed by atoms with Gasteiger partial charge in [-0.15, -0.1) is 0 Å². The Hall–Kier alpha value is -1.18. The molecule has 6 nitrogen and oxygen atoms in total. The molecule has 1 aromatic heterocycles. The first kappa shape index (κ1) is 13.9. The van der Waals surface area contributed by atoms with Crippen LogP contribution in [0.25, 0.3) is 0 Å². The van der Waals surface area contributed by atoms with Gasteiger partial charge in [-0.3, -0.25) is 0 Å². The van der Waals surface area contributed by atoms with Gasteiger partial charge in [0.1, 0.15) is 10.7 Å². The summed E-state index contributed by atoms with van der Waals surface area (Å²) in [6.07, 6.45) is 1.63. The van der Waals surface area contributed by atoms with Crippen LogP contribution in [0.5, 0.6) is 0 Å². The van der Waals surface area contributed by atoms with Gasteiger partial charge in [0.05, 0.1) is 5.60 Å². The summed E-state index contributed by atoms with van der Waals surface area (Å²) < 4.78 is 25.9. The van der Waals surface area contributed by atoms with Crippen molar-refractivity contribution >= 4 is 15.8 Å². The first-order chi connectivity index (χ1) is 7.77. The maximum atomic E-state index is 11.8. The highest BCUT2D eigenvalue weighted by atomic mass is 32.2. The normalized spacial score (nSPS) is 15.5. The molecule has 96 valence electrons. The number of anilines is 1. The van der Waals surface area contributed by atoms with E-state index < -0.39 is 15.6 Å². The van der Waals surface area contributed by atoms with Crippen molar-refractivity contribution in [2.24, 2.45) is 0 Å². The summed E-state index contributed by atoms with van der Waals surface area (Å²) >= 11 is 0. The van der Waals surface area contributed by atoms with Crippen LogP contribution in [0.1, 0.15) is 20.3 Å². The molecule has 0 aliphatic heterocycles. The Morgan fingerprint density at radius 1 is 1.53 bits per heavy atom. The number of rotatable bonds is 5. The van der Waals surface area contributed by atoms with Crippen molar-refractivity contribution in [3.63, 3.8) is 0 Å². The van der Waals surface area contributed by atoms with Gasteiger partial charge in [0.2, 0.25) is 10.0 Å². The van der Waals surface area contributed by atoms with E-state index in [1.54, 1.807) is 13.8 Å². The summed E-state index contributed by atoms with van der Waals surface area (Å²) in [7, 11) is -3.65. The molecule has 1 unspecified atom stereocenters. The van der Waals surface area contributed by atoms with Crippen molar-refractivity contribution in [2.75, 3.05) is 12.3 Å². The molecule has 17 heavy (non-hydrogen) atoms. The van der Waals surface area contributed by atoms with Gasteiger partial charge < -0.3 is 10.8 Å². The Morgan fingerprint density at radius 2 is 2.18 bits per heavy atom. The molecule has 1 aromatic rings. The Bertz CT molecular complexity index is 468. The number of sulfonamides is 1. The van der Waals surface area contributed by atoms with Crippen LogP contribution in [0.2, 0.25) is 0 Å². The average molecular weight is 259 g/mol. The van der Waals surface area contributed by atoms with E-state index in [0.717, 1.165) is 0 Å². The zero-order chi connectivity index (χ0) is 13.1. The number of nitrogens with one attached hydrogen (secondary N) is 1. The highest BCUT2D eigenvalue weighted by Crippen LogP contribution is 2.11. The first-order valence-electron chi connectivity index (χ1n) is 5.20. The number of hydrogen-bond acceptors (Lipinski definition) is 5. The van der Waals surface area contributed by atoms with Crippen LogP contribution >= 0.6 is 0 Å². The zero-order valence-electron chi connectivity index (χ0n) is 9.84. The number of nitrogens with zero attached hydrogens (tertiary/aromatic N) is 1. The second-order valence-electron chi connectivity index (χ2n) is 4.09. The van der Waals surface area contributed by atoms with Crippen molar-refractivity contribution < 1.29 is 13.5 Å². The number of nitrogens with two attached hydrogens (primary N) is 1. The maximum absolute atomic E-state index is 11.8. The van der Waals surface area contributed by atoms with E-state index >= 15 is 0 Å². The predicted octanol–water partition coefficient (Wildman–Crippen LogP) is 0.103. The van der Waals surface area contributed by atoms with Crippen LogP contribution < -0.4 is 10.5 Å². The van der Waals surface area contributed by atoms with E-state index in [1.807, 2.05) is 0 Å². The molecule has 0 aliphatic carbocycles. The number of aliphatic hydroxyl groups is 1. The third-order valence-corrected chi connectivity index (χ3v) is 3.86. The maximum Gasteiger partial charge on any atom is 0.242 e. The summed E-state index contributed by atoms with van der Waals surface area (Å²) in [4.78, 5) is 3.73. The quantitative estimate of drug-likeness (QED) is 0.695. The second-order valence-corrected chi connectivity index (χ2v) is 5.86. The van der Waals surface area contributed by atoms with Crippen LogP contribution in [-0.4, -0.2) is 30.7 Å². The van der Waals surface area contributed by atoms with E-state index in [9.17, 15) is 13.5 Å². The third kappa shape index (κ3) is 3.95. The Morgan fingerprint density at radius 3 is 2.65 bits per heavy atom. The number of hydrogen-bond donors (Lipinski definition) is 3. The fourth-order valence-electron chi connectivity index (χ4n) is 1.01. The minimum atomic E-state index is -3.65. The second kappa shape index (κ2) is 4.99. The van der Waals surface area contributed by atoms with Gasteiger partial charge >= 0.3 is 0 Å². The smallest absolute Gasteiger partial charge is 0.242 e. The largest absolute Gasteiger partial charge is 0.389 e. The molecule has 1 atom stereocenters. The number of pyridine rings is 1. The first-order valence-corrected chi connectivity index (χ1v) is 6.69. The van der Waals surface area contributed by atoms with E-state index in [-0.39, 0.29) is 17.3 Å². The molecule has 0 bridgehead atoms. The standard InChI is InChI=1S/C10H17N3O3S/c1-3-10(2,14)7-13-17(15,16)8-4-5-9(11)12-6-8/h4-6,13-14H,3,7H2,1-2H3,(H2,11,12). The average Bonchev–Trinajstić information content (AvgIpc) is 2.27. The molecule has 0 spiro atoms. The SMILES string of the molecule is CCC(C)(O)CNS(=O)(=O)c1ccc(N)nc1. The van der Waals surface area contributed by atoms with Crippen LogP contribution in [0.15, 0.2) is 23.2 Å². The van der Waals surface area contributed by atoms with Crippen LogP contribution in [0.4, 0.5) is 5.82 Å². The Balaban J connectivity index is 2.79. The molecule has 0 amide bonds. The molecule has 1 heterocycles. The Labute approximate surface area is 101 Å². The lowest BCUT2D eigenvalue weighted by Gasteiger charge is -2.21. The minimum absolute atomic E-state index is 0.0265. The van der Waals surface area contributed by atoms with Crippen molar-refractivity contribution in [3.05, 3.63) is 18.3 Å². The molecule has 7 heteroatoms. The fourth-order valence-corrected chi connectivity index (χ4v) is 2.12. The van der Waals surface area contributed by atoms with Gasteiger partial charge in [0, 0.05) is 12.7 Å². The van der Waals surface area contributed by atoms with Gasteiger partial charge in [0.25, 0.3) is 0 Å². The lowest BCUT2D eigenvalue weighted by molar-refractivity contribution is 0.0613. The van der Waals surface area contributed by atoms with Gasteiger partial charge in [-0.25, -0.2) is 18.1 Å². The van der Waals surface area contributed by atoms with Crippen LogP contribution in [0, 0.1) is 0 Å². The molecular formula is C10H17N3O3S. The van der Waals surface area contributed by atoms with Crippen LogP contribution in [-0.2, 0) is 10.0 Å². The molecular weight excluding hydrogens is 242 g/mol. The molecule has 4 N–H and O–H groups in total. The predicted molar refractivity (Wildman–Crippen MR) is 64.8 cm³/mol. The number of aromatic nitrogens is 1. The molecule has 0 saturated carbocycles. The Kier molecular flexibility index (Phi) is 4.07. The highest BCUT2D eigenvalue weighted by Gasteiger charge is 2.22. The van der Waals surface area contributed by atoms with E-state index in [4.69, 9.17) is 5.73 Å². The van der Waals surface area contributed by atoms with Gasteiger partial charge in [-0.05, 0) is 25.5 Å². The summed E-state index contributed by atoms with van der Waals surface area (Å²) in [6, 6.07) is 2.78. The molecule has 0 radical (unpaired) electrons. The van der Waals surface area contributed by atoms with E-state index in [0.29, 0.717) is 6.42 Å². The lowest BCUT2D eigenvalue weighted by Crippen LogP contribution is -2.40. The van der Waals surface area contributed by atoms with Crippen LogP contribution in [0.3, 0.4) is 0 Å². The van der Waals surface area contributed by atoms with E-state index in [1.165, 1.54) is 18.3 Å². The molecule has 0 saturated heterocycles. The summed E-state index contributed by atoms with van der Waals surface area (Å²) in [5.41, 5.74) is 4.31. The van der Waals surface area contributed by atoms with Crippen molar-refractivity contribution in [1.82, 2.24) is 9.71 Å². The molecule has 0 fully saturated rings. The summed E-state index contributed by atoms with van der Waals surface area (Å²) in [5, 5.41) is 9.71. The summed E-state index contributed by atoms with van der Waals surface area (Å²) in [6.45, 7) is 3.30. The minimum Gasteiger partial charge on any atom is -0.389 e. The van der Waals surface area contributed by atoms with Crippen molar-refractivity contribution in [1.29, 1.82) is 0 Å². The lowest BCUT2D eigenvalue weighted by atomic mass is 10.1. The topological polar surface area (TPSA) is 105 Å². The monoisotopic (exact) mass is 259 g/mol. The molecule has 1 rings (SSSR count). The molecule has 0 aromatic carbocycles. The zero-order valence-corrected chi connectivity index (χ0v) is 10.7. The summed E-state index contributed by atoms with van der Waals surface area (Å²) in [5.74, 6) is 0.254. The molecule has 0 aliphatic rings. The van der Waals surface area contributed by atoms with E-state index in [2.05, 4.69) is 9.71 Å². The van der Waals surface area contributed by atoms with Crippen molar-refractivity contribution in [2.45, 2.75) is 30.8 Å². The van der Waals surface area contributed by atoms with Gasteiger partial charge in [0.15, 0.2) is 0 Å². The third-order valence-electron chi connectivity index (χ3n) is 2.47. The fraction of sp³-hybridized carbons (Fsp3) is 0.500. The van der Waals surface area contributed by atoms with Gasteiger partial charge in [-0.2, -0.15) is 0 Å². The van der Waals surface area contributed by atoms with Crippen molar-refractivity contribution in [3.8, 4) is 0 Å². The van der Waals surface area contributed by atoms with Gasteiger partial charge in [-0.1, -0.05) is 6.92 Å². The highest BCUT2D eigenvalue weighted by molar-refractivity contribution is 7.89.